The van der Waals surface area contributed by atoms with Crippen LogP contribution in [0.3, 0.4) is 0 Å². The smallest absolute Gasteiger partial charge is 0.237 e. The zero-order chi connectivity index (χ0) is 19.2. The monoisotopic (exact) mass is 363 g/mol. The molecular formula is C19H29N3O4. The van der Waals surface area contributed by atoms with E-state index in [1.54, 1.807) is 13.8 Å². The number of nitrogens with zero attached hydrogens (tertiary/aromatic N) is 1. The van der Waals surface area contributed by atoms with Gasteiger partial charge in [0.15, 0.2) is 0 Å². The van der Waals surface area contributed by atoms with E-state index < -0.39 is 11.6 Å². The van der Waals surface area contributed by atoms with Gasteiger partial charge in [0.2, 0.25) is 11.8 Å². The number of piperazine rings is 1. The molecule has 3 N–H and O–H groups in total. The molecule has 7 nitrogen and oxygen atoms in total. The molecule has 144 valence electrons. The molecule has 1 saturated heterocycles. The minimum Gasteiger partial charge on any atom is -0.494 e. The van der Waals surface area contributed by atoms with Crippen LogP contribution in [0.1, 0.15) is 32.8 Å². The second-order valence-electron chi connectivity index (χ2n) is 7.11. The summed E-state index contributed by atoms with van der Waals surface area (Å²) in [6.45, 7) is 7.56. The SMILES string of the molecule is CCOc1ccccc1CN1CCNC(=O)[C@@H]1CC(=O)NC(C)(C)CO. The Morgan fingerprint density at radius 1 is 1.42 bits per heavy atom. The van der Waals surface area contributed by atoms with Gasteiger partial charge in [-0.15, -0.1) is 0 Å². The summed E-state index contributed by atoms with van der Waals surface area (Å²) in [6, 6.07) is 7.19. The second-order valence-corrected chi connectivity index (χ2v) is 7.11. The van der Waals surface area contributed by atoms with E-state index in [4.69, 9.17) is 4.74 Å². The Bertz CT molecular complexity index is 633. The molecule has 0 aromatic heterocycles. The van der Waals surface area contributed by atoms with Gasteiger partial charge in [0.25, 0.3) is 0 Å². The van der Waals surface area contributed by atoms with Gasteiger partial charge >= 0.3 is 0 Å². The minimum absolute atomic E-state index is 0.0477. The fourth-order valence-corrected chi connectivity index (χ4v) is 2.97. The zero-order valence-electron chi connectivity index (χ0n) is 15.7. The predicted molar refractivity (Wildman–Crippen MR) is 98.7 cm³/mol. The number of para-hydroxylation sites is 1. The third-order valence-corrected chi connectivity index (χ3v) is 4.34. The fraction of sp³-hybridized carbons (Fsp3) is 0.579. The number of benzene rings is 1. The average Bonchev–Trinajstić information content (AvgIpc) is 2.59. The lowest BCUT2D eigenvalue weighted by atomic mass is 10.0. The lowest BCUT2D eigenvalue weighted by Gasteiger charge is -2.35. The predicted octanol–water partition coefficient (Wildman–Crippen LogP) is 0.663. The number of rotatable bonds is 8. The Kier molecular flexibility index (Phi) is 6.99. The van der Waals surface area contributed by atoms with Crippen molar-refractivity contribution in [1.82, 2.24) is 15.5 Å². The van der Waals surface area contributed by atoms with Crippen molar-refractivity contribution in [3.63, 3.8) is 0 Å². The van der Waals surface area contributed by atoms with E-state index >= 15 is 0 Å². The maximum atomic E-state index is 12.4. The number of aliphatic hydroxyl groups is 1. The van der Waals surface area contributed by atoms with E-state index in [0.29, 0.717) is 26.2 Å². The van der Waals surface area contributed by atoms with Crippen molar-refractivity contribution in [1.29, 1.82) is 0 Å². The topological polar surface area (TPSA) is 90.9 Å². The Morgan fingerprint density at radius 3 is 2.85 bits per heavy atom. The summed E-state index contributed by atoms with van der Waals surface area (Å²) in [6.07, 6.45) is 0.0477. The van der Waals surface area contributed by atoms with Gasteiger partial charge in [-0.2, -0.15) is 0 Å². The summed E-state index contributed by atoms with van der Waals surface area (Å²) in [5, 5.41) is 14.9. The molecule has 1 fully saturated rings. The summed E-state index contributed by atoms with van der Waals surface area (Å²) >= 11 is 0. The molecule has 0 aliphatic carbocycles. The van der Waals surface area contributed by atoms with Crippen LogP contribution >= 0.6 is 0 Å². The molecule has 1 aromatic rings. The van der Waals surface area contributed by atoms with Crippen molar-refractivity contribution in [2.75, 3.05) is 26.3 Å². The number of carbonyl (C=O) groups excluding carboxylic acids is 2. The first kappa shape index (κ1) is 20.2. The maximum Gasteiger partial charge on any atom is 0.237 e. The summed E-state index contributed by atoms with van der Waals surface area (Å²) < 4.78 is 5.67. The lowest BCUT2D eigenvalue weighted by Crippen LogP contribution is -2.57. The highest BCUT2D eigenvalue weighted by Crippen LogP contribution is 2.22. The van der Waals surface area contributed by atoms with E-state index in [9.17, 15) is 14.7 Å². The van der Waals surface area contributed by atoms with Crippen LogP contribution in [0.2, 0.25) is 0 Å². The van der Waals surface area contributed by atoms with Crippen LogP contribution in [0.5, 0.6) is 5.75 Å². The van der Waals surface area contributed by atoms with Gasteiger partial charge < -0.3 is 20.5 Å². The van der Waals surface area contributed by atoms with Gasteiger partial charge in [0.05, 0.1) is 31.2 Å². The highest BCUT2D eigenvalue weighted by molar-refractivity contribution is 5.89. The third-order valence-electron chi connectivity index (χ3n) is 4.34. The van der Waals surface area contributed by atoms with Crippen LogP contribution < -0.4 is 15.4 Å². The molecule has 1 heterocycles. The summed E-state index contributed by atoms with van der Waals surface area (Å²) in [5.41, 5.74) is 0.277. The molecule has 0 spiro atoms. The molecule has 2 rings (SSSR count). The molecule has 0 saturated carbocycles. The second kappa shape index (κ2) is 9.00. The Labute approximate surface area is 154 Å². The Morgan fingerprint density at radius 2 is 2.15 bits per heavy atom. The Hall–Kier alpha value is -2.12. The first-order valence-corrected chi connectivity index (χ1v) is 9.00. The van der Waals surface area contributed by atoms with Crippen molar-refractivity contribution in [3.8, 4) is 5.75 Å². The molecule has 0 unspecified atom stereocenters. The fourth-order valence-electron chi connectivity index (χ4n) is 2.97. The van der Waals surface area contributed by atoms with Crippen LogP contribution in [-0.4, -0.2) is 59.7 Å². The van der Waals surface area contributed by atoms with Gasteiger partial charge in [-0.25, -0.2) is 0 Å². The zero-order valence-corrected chi connectivity index (χ0v) is 15.7. The van der Waals surface area contributed by atoms with Crippen LogP contribution in [0.4, 0.5) is 0 Å². The van der Waals surface area contributed by atoms with E-state index in [1.807, 2.05) is 36.1 Å². The van der Waals surface area contributed by atoms with Crippen molar-refractivity contribution in [2.24, 2.45) is 0 Å². The van der Waals surface area contributed by atoms with Crippen molar-refractivity contribution in [3.05, 3.63) is 29.8 Å². The van der Waals surface area contributed by atoms with E-state index in [-0.39, 0.29) is 24.8 Å². The molecule has 0 radical (unpaired) electrons. The van der Waals surface area contributed by atoms with Gasteiger partial charge in [-0.05, 0) is 26.8 Å². The molecule has 26 heavy (non-hydrogen) atoms. The number of nitrogens with one attached hydrogen (secondary N) is 2. The Balaban J connectivity index is 2.10. The number of aliphatic hydroxyl groups excluding tert-OH is 1. The maximum absolute atomic E-state index is 12.4. The molecular weight excluding hydrogens is 334 g/mol. The van der Waals surface area contributed by atoms with E-state index in [2.05, 4.69) is 10.6 Å². The number of ether oxygens (including phenoxy) is 1. The lowest BCUT2D eigenvalue weighted by molar-refractivity contribution is -0.135. The quantitative estimate of drug-likeness (QED) is 0.631. The first-order chi connectivity index (χ1) is 12.4. The van der Waals surface area contributed by atoms with Gasteiger partial charge in [0, 0.05) is 25.2 Å². The van der Waals surface area contributed by atoms with Gasteiger partial charge in [-0.1, -0.05) is 18.2 Å². The molecule has 7 heteroatoms. The minimum atomic E-state index is -0.714. The number of carbonyl (C=O) groups is 2. The third kappa shape index (κ3) is 5.44. The molecule has 0 bridgehead atoms. The van der Waals surface area contributed by atoms with Crippen LogP contribution in [-0.2, 0) is 16.1 Å². The largest absolute Gasteiger partial charge is 0.494 e. The normalized spacial score (nSPS) is 18.3. The summed E-state index contributed by atoms with van der Waals surface area (Å²) in [5.74, 6) is 0.391. The van der Waals surface area contributed by atoms with E-state index in [1.165, 1.54) is 0 Å². The molecule has 1 aliphatic heterocycles. The van der Waals surface area contributed by atoms with Gasteiger partial charge in [-0.3, -0.25) is 14.5 Å². The van der Waals surface area contributed by atoms with Crippen LogP contribution in [0, 0.1) is 0 Å². The van der Waals surface area contributed by atoms with Crippen molar-refractivity contribution < 1.29 is 19.4 Å². The summed E-state index contributed by atoms with van der Waals surface area (Å²) in [7, 11) is 0. The molecule has 1 aliphatic rings. The number of hydrogen-bond donors (Lipinski definition) is 3. The number of amides is 2. The molecule has 2 amide bonds. The van der Waals surface area contributed by atoms with Crippen LogP contribution in [0.15, 0.2) is 24.3 Å². The van der Waals surface area contributed by atoms with Crippen molar-refractivity contribution in [2.45, 2.75) is 45.3 Å². The van der Waals surface area contributed by atoms with Crippen LogP contribution in [0.25, 0.3) is 0 Å². The highest BCUT2D eigenvalue weighted by atomic mass is 16.5. The number of hydrogen-bond acceptors (Lipinski definition) is 5. The summed E-state index contributed by atoms with van der Waals surface area (Å²) in [4.78, 5) is 26.7. The van der Waals surface area contributed by atoms with Gasteiger partial charge in [0.1, 0.15) is 5.75 Å². The standard InChI is InChI=1S/C19H29N3O4/c1-4-26-16-8-6-5-7-14(16)12-22-10-9-20-18(25)15(22)11-17(24)21-19(2,3)13-23/h5-8,15,23H,4,9-13H2,1-3H3,(H,20,25)(H,21,24)/t15-/m0/s1. The van der Waals surface area contributed by atoms with Crippen molar-refractivity contribution >= 4 is 11.8 Å². The molecule has 1 atom stereocenters. The average molecular weight is 363 g/mol. The van der Waals surface area contributed by atoms with E-state index in [0.717, 1.165) is 11.3 Å². The first-order valence-electron chi connectivity index (χ1n) is 9.00. The molecule has 1 aromatic carbocycles. The highest BCUT2D eigenvalue weighted by Gasteiger charge is 2.33.